The van der Waals surface area contributed by atoms with Gasteiger partial charge in [0.15, 0.2) is 0 Å². The van der Waals surface area contributed by atoms with Crippen molar-refractivity contribution in [3.63, 3.8) is 0 Å². The molecule has 0 amide bonds. The molecular formula is C13H19NO. The zero-order valence-corrected chi connectivity index (χ0v) is 9.38. The van der Waals surface area contributed by atoms with Crippen molar-refractivity contribution in [3.05, 3.63) is 29.3 Å². The van der Waals surface area contributed by atoms with Crippen LogP contribution in [0.1, 0.15) is 24.5 Å². The first-order valence-electron chi connectivity index (χ1n) is 5.85. The number of ether oxygens (including phenoxy) is 1. The molecule has 0 bridgehead atoms. The molecule has 0 spiro atoms. The molecule has 0 atom stereocenters. The molecule has 1 aliphatic rings. The topological polar surface area (TPSA) is 21.3 Å². The molecule has 0 aromatic heterocycles. The van der Waals surface area contributed by atoms with E-state index in [-0.39, 0.29) is 0 Å². The minimum absolute atomic E-state index is 0.879. The number of fused-ring (bicyclic) bond motifs is 1. The molecule has 82 valence electrons. The van der Waals surface area contributed by atoms with Gasteiger partial charge in [-0.2, -0.15) is 0 Å². The number of rotatable bonds is 4. The van der Waals surface area contributed by atoms with Crippen LogP contribution in [-0.2, 0) is 12.8 Å². The fourth-order valence-electron chi connectivity index (χ4n) is 1.98. The SMILES string of the molecule is CCNCCc1ccc2c(c1)CCCO2. The highest BCUT2D eigenvalue weighted by Crippen LogP contribution is 2.25. The summed E-state index contributed by atoms with van der Waals surface area (Å²) in [5.74, 6) is 1.09. The second-order valence-corrected chi connectivity index (χ2v) is 4.00. The number of nitrogens with one attached hydrogen (secondary N) is 1. The molecule has 2 heteroatoms. The summed E-state index contributed by atoms with van der Waals surface area (Å²) in [4.78, 5) is 0. The zero-order valence-electron chi connectivity index (χ0n) is 9.38. The lowest BCUT2D eigenvalue weighted by Gasteiger charge is -2.17. The van der Waals surface area contributed by atoms with Crippen molar-refractivity contribution in [1.82, 2.24) is 5.32 Å². The quantitative estimate of drug-likeness (QED) is 0.761. The molecule has 0 aliphatic carbocycles. The standard InChI is InChI=1S/C13H19NO/c1-2-14-8-7-11-5-6-13-12(10-11)4-3-9-15-13/h5-6,10,14H,2-4,7-9H2,1H3. The van der Waals surface area contributed by atoms with Gasteiger partial charge >= 0.3 is 0 Å². The van der Waals surface area contributed by atoms with Crippen molar-refractivity contribution in [1.29, 1.82) is 0 Å². The Kier molecular flexibility index (Phi) is 3.62. The summed E-state index contributed by atoms with van der Waals surface area (Å²) in [6, 6.07) is 6.60. The van der Waals surface area contributed by atoms with Gasteiger partial charge in [-0.15, -0.1) is 0 Å². The maximum absolute atomic E-state index is 5.59. The summed E-state index contributed by atoms with van der Waals surface area (Å²) >= 11 is 0. The van der Waals surface area contributed by atoms with Crippen LogP contribution in [0.25, 0.3) is 0 Å². The Morgan fingerprint density at radius 1 is 1.40 bits per heavy atom. The van der Waals surface area contributed by atoms with Crippen LogP contribution >= 0.6 is 0 Å². The number of hydrogen-bond acceptors (Lipinski definition) is 2. The molecule has 0 fully saturated rings. The molecule has 1 heterocycles. The zero-order chi connectivity index (χ0) is 10.5. The van der Waals surface area contributed by atoms with Crippen molar-refractivity contribution >= 4 is 0 Å². The van der Waals surface area contributed by atoms with Gasteiger partial charge < -0.3 is 10.1 Å². The monoisotopic (exact) mass is 205 g/mol. The van der Waals surface area contributed by atoms with E-state index < -0.39 is 0 Å². The minimum Gasteiger partial charge on any atom is -0.493 e. The molecule has 2 rings (SSSR count). The number of aryl methyl sites for hydroxylation is 1. The van der Waals surface area contributed by atoms with Crippen LogP contribution in [0.3, 0.4) is 0 Å². The second-order valence-electron chi connectivity index (χ2n) is 4.00. The van der Waals surface area contributed by atoms with Gasteiger partial charge in [0.05, 0.1) is 6.61 Å². The van der Waals surface area contributed by atoms with Crippen LogP contribution in [0.4, 0.5) is 0 Å². The third kappa shape index (κ3) is 2.72. The van der Waals surface area contributed by atoms with E-state index in [1.54, 1.807) is 0 Å². The average molecular weight is 205 g/mol. The molecule has 1 aliphatic heterocycles. The number of likely N-dealkylation sites (N-methyl/N-ethyl adjacent to an activating group) is 1. The first kappa shape index (κ1) is 10.5. The van der Waals surface area contributed by atoms with Crippen molar-refractivity contribution in [2.45, 2.75) is 26.2 Å². The molecule has 2 nitrogen and oxygen atoms in total. The first-order chi connectivity index (χ1) is 7.40. The third-order valence-electron chi connectivity index (χ3n) is 2.81. The number of hydrogen-bond donors (Lipinski definition) is 1. The Balaban J connectivity index is 2.00. The van der Waals surface area contributed by atoms with Crippen molar-refractivity contribution in [3.8, 4) is 5.75 Å². The lowest BCUT2D eigenvalue weighted by atomic mass is 10.0. The average Bonchev–Trinajstić information content (AvgIpc) is 2.29. The van der Waals surface area contributed by atoms with E-state index in [2.05, 4.69) is 30.4 Å². The van der Waals surface area contributed by atoms with E-state index in [0.29, 0.717) is 0 Å². The second kappa shape index (κ2) is 5.17. The summed E-state index contributed by atoms with van der Waals surface area (Å²) in [6.45, 7) is 5.13. The third-order valence-corrected chi connectivity index (χ3v) is 2.81. The van der Waals surface area contributed by atoms with Gasteiger partial charge in [-0.05, 0) is 49.5 Å². The fourth-order valence-corrected chi connectivity index (χ4v) is 1.98. The molecule has 1 N–H and O–H groups in total. The lowest BCUT2D eigenvalue weighted by molar-refractivity contribution is 0.288. The summed E-state index contributed by atoms with van der Waals surface area (Å²) < 4.78 is 5.59. The van der Waals surface area contributed by atoms with Crippen molar-refractivity contribution < 1.29 is 4.74 Å². The summed E-state index contributed by atoms with van der Waals surface area (Å²) in [6.07, 6.45) is 3.44. The van der Waals surface area contributed by atoms with E-state index in [4.69, 9.17) is 4.74 Å². The van der Waals surface area contributed by atoms with Crippen LogP contribution < -0.4 is 10.1 Å². The van der Waals surface area contributed by atoms with Gasteiger partial charge in [0.1, 0.15) is 5.75 Å². The van der Waals surface area contributed by atoms with E-state index in [1.165, 1.54) is 17.5 Å². The van der Waals surface area contributed by atoms with Crippen LogP contribution in [0.5, 0.6) is 5.75 Å². The molecule has 15 heavy (non-hydrogen) atoms. The minimum atomic E-state index is 0.879. The Bertz CT molecular complexity index is 322. The fraction of sp³-hybridized carbons (Fsp3) is 0.538. The largest absolute Gasteiger partial charge is 0.493 e. The predicted molar refractivity (Wildman–Crippen MR) is 62.5 cm³/mol. The van der Waals surface area contributed by atoms with Gasteiger partial charge in [-0.1, -0.05) is 19.1 Å². The van der Waals surface area contributed by atoms with Crippen LogP contribution in [0.15, 0.2) is 18.2 Å². The molecular weight excluding hydrogens is 186 g/mol. The van der Waals surface area contributed by atoms with Gasteiger partial charge in [0.2, 0.25) is 0 Å². The number of benzene rings is 1. The van der Waals surface area contributed by atoms with Crippen molar-refractivity contribution in [2.75, 3.05) is 19.7 Å². The maximum atomic E-state index is 5.59. The summed E-state index contributed by atoms with van der Waals surface area (Å²) in [5.41, 5.74) is 2.80. The highest BCUT2D eigenvalue weighted by Gasteiger charge is 2.09. The van der Waals surface area contributed by atoms with Gasteiger partial charge in [0, 0.05) is 0 Å². The summed E-state index contributed by atoms with van der Waals surface area (Å²) in [5, 5.41) is 3.35. The molecule has 1 aromatic carbocycles. The van der Waals surface area contributed by atoms with E-state index in [0.717, 1.165) is 38.3 Å². The first-order valence-corrected chi connectivity index (χ1v) is 5.85. The van der Waals surface area contributed by atoms with E-state index in [1.807, 2.05) is 0 Å². The van der Waals surface area contributed by atoms with E-state index >= 15 is 0 Å². The Morgan fingerprint density at radius 2 is 2.33 bits per heavy atom. The maximum Gasteiger partial charge on any atom is 0.122 e. The Hall–Kier alpha value is -1.02. The Morgan fingerprint density at radius 3 is 3.20 bits per heavy atom. The smallest absolute Gasteiger partial charge is 0.122 e. The molecule has 0 unspecified atom stereocenters. The molecule has 1 aromatic rings. The van der Waals surface area contributed by atoms with Crippen molar-refractivity contribution in [2.24, 2.45) is 0 Å². The van der Waals surface area contributed by atoms with E-state index in [9.17, 15) is 0 Å². The summed E-state index contributed by atoms with van der Waals surface area (Å²) in [7, 11) is 0. The highest BCUT2D eigenvalue weighted by molar-refractivity contribution is 5.38. The van der Waals surface area contributed by atoms with Crippen LogP contribution in [-0.4, -0.2) is 19.7 Å². The highest BCUT2D eigenvalue weighted by atomic mass is 16.5. The van der Waals surface area contributed by atoms with Gasteiger partial charge in [-0.25, -0.2) is 0 Å². The molecule has 0 radical (unpaired) electrons. The van der Waals surface area contributed by atoms with Crippen LogP contribution in [0.2, 0.25) is 0 Å². The Labute approximate surface area is 91.6 Å². The predicted octanol–water partition coefficient (Wildman–Crippen LogP) is 2.16. The normalized spacial score (nSPS) is 14.5. The van der Waals surface area contributed by atoms with Crippen LogP contribution in [0, 0.1) is 0 Å². The van der Waals surface area contributed by atoms with Gasteiger partial charge in [0.25, 0.3) is 0 Å². The van der Waals surface area contributed by atoms with Gasteiger partial charge in [-0.3, -0.25) is 0 Å². The molecule has 0 saturated heterocycles. The lowest BCUT2D eigenvalue weighted by Crippen LogP contribution is -2.16. The molecule has 0 saturated carbocycles.